The van der Waals surface area contributed by atoms with Gasteiger partial charge in [-0.1, -0.05) is 18.2 Å². The third kappa shape index (κ3) is 3.17. The molecule has 4 nitrogen and oxygen atoms in total. The molecule has 0 fully saturated rings. The van der Waals surface area contributed by atoms with E-state index in [9.17, 15) is 18.0 Å². The molecule has 0 spiro atoms. The van der Waals surface area contributed by atoms with Gasteiger partial charge >= 0.3 is 12.1 Å². The Morgan fingerprint density at radius 2 is 2.15 bits per heavy atom. The van der Waals surface area contributed by atoms with Crippen molar-refractivity contribution in [3.63, 3.8) is 0 Å². The van der Waals surface area contributed by atoms with Gasteiger partial charge in [-0.2, -0.15) is 13.2 Å². The predicted molar refractivity (Wildman–Crippen MR) is 64.2 cm³/mol. The van der Waals surface area contributed by atoms with Gasteiger partial charge in [0.05, 0.1) is 18.9 Å². The second-order valence-electron chi connectivity index (χ2n) is 4.11. The van der Waals surface area contributed by atoms with Gasteiger partial charge in [0.2, 0.25) is 0 Å². The van der Waals surface area contributed by atoms with Crippen LogP contribution in [0.2, 0.25) is 0 Å². The fourth-order valence-electron chi connectivity index (χ4n) is 1.72. The normalized spacial score (nSPS) is 11.4. The molecule has 0 saturated carbocycles. The molecule has 0 aliphatic heterocycles. The molecule has 0 aliphatic rings. The van der Waals surface area contributed by atoms with E-state index in [0.29, 0.717) is 11.4 Å². The maximum absolute atomic E-state index is 12.6. The Morgan fingerprint density at radius 3 is 2.80 bits per heavy atom. The van der Waals surface area contributed by atoms with E-state index in [0.717, 1.165) is 12.1 Å². The van der Waals surface area contributed by atoms with Gasteiger partial charge in [0.15, 0.2) is 0 Å². The first-order chi connectivity index (χ1) is 9.40. The lowest BCUT2D eigenvalue weighted by atomic mass is 10.1. The quantitative estimate of drug-likeness (QED) is 0.882. The van der Waals surface area contributed by atoms with Crippen LogP contribution < -0.4 is 0 Å². The second kappa shape index (κ2) is 5.36. The number of hydrogen-bond acceptors (Lipinski definition) is 3. The molecule has 1 aromatic carbocycles. The summed E-state index contributed by atoms with van der Waals surface area (Å²) in [5, 5.41) is 0. The third-order valence-corrected chi connectivity index (χ3v) is 2.66. The SMILES string of the molecule is COC(=O)c1cnc(Cc2cccc(C(F)(F)F)c2)[nH]1. The van der Waals surface area contributed by atoms with Gasteiger partial charge in [0.25, 0.3) is 0 Å². The van der Waals surface area contributed by atoms with Crippen molar-refractivity contribution in [1.29, 1.82) is 0 Å². The summed E-state index contributed by atoms with van der Waals surface area (Å²) in [6, 6.07) is 4.96. The summed E-state index contributed by atoms with van der Waals surface area (Å²) >= 11 is 0. The zero-order chi connectivity index (χ0) is 14.8. The molecule has 7 heteroatoms. The number of imidazole rings is 1. The van der Waals surface area contributed by atoms with Crippen LogP contribution >= 0.6 is 0 Å². The molecule has 106 valence electrons. The van der Waals surface area contributed by atoms with Crippen LogP contribution in [0.4, 0.5) is 13.2 Å². The predicted octanol–water partition coefficient (Wildman–Crippen LogP) is 2.81. The van der Waals surface area contributed by atoms with Crippen molar-refractivity contribution in [2.75, 3.05) is 7.11 Å². The van der Waals surface area contributed by atoms with Crippen LogP contribution in [0.3, 0.4) is 0 Å². The van der Waals surface area contributed by atoms with Crippen molar-refractivity contribution in [1.82, 2.24) is 9.97 Å². The largest absolute Gasteiger partial charge is 0.464 e. The molecule has 0 aliphatic carbocycles. The number of ether oxygens (including phenoxy) is 1. The van der Waals surface area contributed by atoms with Crippen molar-refractivity contribution < 1.29 is 22.7 Å². The van der Waals surface area contributed by atoms with E-state index in [1.165, 1.54) is 19.4 Å². The number of halogens is 3. The summed E-state index contributed by atoms with van der Waals surface area (Å²) in [6.45, 7) is 0. The number of esters is 1. The highest BCUT2D eigenvalue weighted by Crippen LogP contribution is 2.29. The van der Waals surface area contributed by atoms with Crippen molar-refractivity contribution in [3.8, 4) is 0 Å². The smallest absolute Gasteiger partial charge is 0.416 e. The van der Waals surface area contributed by atoms with Gasteiger partial charge in [-0.15, -0.1) is 0 Å². The van der Waals surface area contributed by atoms with Gasteiger partial charge in [0.1, 0.15) is 11.5 Å². The van der Waals surface area contributed by atoms with Crippen molar-refractivity contribution in [2.45, 2.75) is 12.6 Å². The zero-order valence-electron chi connectivity index (χ0n) is 10.5. The number of nitrogens with zero attached hydrogens (tertiary/aromatic N) is 1. The summed E-state index contributed by atoms with van der Waals surface area (Å²) in [4.78, 5) is 17.9. The molecule has 0 unspecified atom stereocenters. The van der Waals surface area contributed by atoms with E-state index < -0.39 is 17.7 Å². The van der Waals surface area contributed by atoms with Crippen LogP contribution in [0.5, 0.6) is 0 Å². The number of carbonyl (C=O) groups excluding carboxylic acids is 1. The Kier molecular flexibility index (Phi) is 3.78. The fraction of sp³-hybridized carbons (Fsp3) is 0.231. The lowest BCUT2D eigenvalue weighted by Gasteiger charge is -2.07. The zero-order valence-corrected chi connectivity index (χ0v) is 10.5. The fourth-order valence-corrected chi connectivity index (χ4v) is 1.72. The summed E-state index contributed by atoms with van der Waals surface area (Å²) in [7, 11) is 1.23. The first kappa shape index (κ1) is 14.1. The van der Waals surface area contributed by atoms with E-state index >= 15 is 0 Å². The lowest BCUT2D eigenvalue weighted by Crippen LogP contribution is -2.05. The van der Waals surface area contributed by atoms with E-state index in [-0.39, 0.29) is 12.1 Å². The topological polar surface area (TPSA) is 55.0 Å². The van der Waals surface area contributed by atoms with Gasteiger partial charge in [-0.05, 0) is 11.6 Å². The highest BCUT2D eigenvalue weighted by atomic mass is 19.4. The van der Waals surface area contributed by atoms with Crippen LogP contribution in [0.15, 0.2) is 30.5 Å². The molecule has 20 heavy (non-hydrogen) atoms. The number of benzene rings is 1. The van der Waals surface area contributed by atoms with E-state index in [2.05, 4.69) is 14.7 Å². The first-order valence-corrected chi connectivity index (χ1v) is 5.68. The number of hydrogen-bond donors (Lipinski definition) is 1. The summed E-state index contributed by atoms with van der Waals surface area (Å²) in [5.41, 5.74) is -0.102. The minimum absolute atomic E-state index is 0.162. The number of rotatable bonds is 3. The highest BCUT2D eigenvalue weighted by Gasteiger charge is 2.30. The molecule has 1 heterocycles. The van der Waals surface area contributed by atoms with Crippen molar-refractivity contribution in [2.24, 2.45) is 0 Å². The van der Waals surface area contributed by atoms with Crippen LogP contribution in [-0.4, -0.2) is 23.0 Å². The molecule has 0 radical (unpaired) electrons. The molecular formula is C13H11F3N2O2. The number of nitrogens with one attached hydrogen (secondary N) is 1. The monoisotopic (exact) mass is 284 g/mol. The summed E-state index contributed by atoms with van der Waals surface area (Å²) in [5.74, 6) is -0.183. The molecule has 2 rings (SSSR count). The molecular weight excluding hydrogens is 273 g/mol. The van der Waals surface area contributed by atoms with Crippen LogP contribution in [0.25, 0.3) is 0 Å². The first-order valence-electron chi connectivity index (χ1n) is 5.68. The van der Waals surface area contributed by atoms with Crippen molar-refractivity contribution >= 4 is 5.97 Å². The Hall–Kier alpha value is -2.31. The highest BCUT2D eigenvalue weighted by molar-refractivity contribution is 5.86. The van der Waals surface area contributed by atoms with Crippen molar-refractivity contribution in [3.05, 3.63) is 53.1 Å². The Balaban J connectivity index is 2.18. The minimum Gasteiger partial charge on any atom is -0.464 e. The average molecular weight is 284 g/mol. The van der Waals surface area contributed by atoms with E-state index in [1.807, 2.05) is 0 Å². The molecule has 1 aromatic heterocycles. The third-order valence-electron chi connectivity index (χ3n) is 2.66. The molecule has 0 saturated heterocycles. The molecule has 0 bridgehead atoms. The van der Waals surface area contributed by atoms with Gasteiger partial charge < -0.3 is 9.72 Å². The lowest BCUT2D eigenvalue weighted by molar-refractivity contribution is -0.137. The molecule has 0 atom stereocenters. The van der Waals surface area contributed by atoms with Crippen LogP contribution in [0, 0.1) is 0 Å². The van der Waals surface area contributed by atoms with Gasteiger partial charge in [-0.3, -0.25) is 0 Å². The maximum atomic E-state index is 12.6. The van der Waals surface area contributed by atoms with E-state index in [1.54, 1.807) is 6.07 Å². The van der Waals surface area contributed by atoms with Crippen LogP contribution in [0.1, 0.15) is 27.4 Å². The molecule has 0 amide bonds. The van der Waals surface area contributed by atoms with Gasteiger partial charge in [-0.25, -0.2) is 9.78 Å². The molecule has 1 N–H and O–H groups in total. The number of aromatic amines is 1. The van der Waals surface area contributed by atoms with Crippen LogP contribution in [-0.2, 0) is 17.3 Å². The maximum Gasteiger partial charge on any atom is 0.416 e. The average Bonchev–Trinajstić information content (AvgIpc) is 2.85. The Bertz CT molecular complexity index is 620. The molecule has 2 aromatic rings. The number of carbonyl (C=O) groups is 1. The van der Waals surface area contributed by atoms with Gasteiger partial charge in [0, 0.05) is 6.42 Å². The Morgan fingerprint density at radius 1 is 1.40 bits per heavy atom. The second-order valence-corrected chi connectivity index (χ2v) is 4.11. The summed E-state index contributed by atoms with van der Waals surface area (Å²) in [6.07, 6.45) is -2.92. The minimum atomic E-state index is -4.38. The number of methoxy groups -OCH3 is 1. The number of H-pyrrole nitrogens is 1. The number of aromatic nitrogens is 2. The number of alkyl halides is 3. The Labute approximate surface area is 112 Å². The van der Waals surface area contributed by atoms with E-state index in [4.69, 9.17) is 0 Å². The summed E-state index contributed by atoms with van der Waals surface area (Å²) < 4.78 is 42.2. The standard InChI is InChI=1S/C13H11F3N2O2/c1-20-12(19)10-7-17-11(18-10)6-8-3-2-4-9(5-8)13(14,15)16/h2-5,7H,6H2,1H3,(H,17,18).